The van der Waals surface area contributed by atoms with E-state index < -0.39 is 0 Å². The minimum atomic E-state index is -0.274. The summed E-state index contributed by atoms with van der Waals surface area (Å²) in [6.07, 6.45) is 7.60. The molecule has 0 amide bonds. The number of nitrogens with two attached hydrogens (primary N) is 1. The van der Waals surface area contributed by atoms with Gasteiger partial charge >= 0.3 is 0 Å². The van der Waals surface area contributed by atoms with Crippen LogP contribution in [0.1, 0.15) is 57.1 Å². The number of nitrogens with zero attached hydrogens (tertiary/aromatic N) is 1. The highest BCUT2D eigenvalue weighted by molar-refractivity contribution is 5.55. The summed E-state index contributed by atoms with van der Waals surface area (Å²) >= 11 is 0. The van der Waals surface area contributed by atoms with Crippen molar-refractivity contribution in [2.24, 2.45) is 5.73 Å². The topological polar surface area (TPSA) is 29.3 Å². The first-order valence-corrected chi connectivity index (χ1v) is 7.38. The van der Waals surface area contributed by atoms with Crippen molar-refractivity contribution in [3.8, 4) is 0 Å². The molecule has 0 spiro atoms. The average Bonchev–Trinajstić information content (AvgIpc) is 2.66. The lowest BCUT2D eigenvalue weighted by Crippen LogP contribution is -2.32. The summed E-state index contributed by atoms with van der Waals surface area (Å²) in [4.78, 5) is 2.24. The van der Waals surface area contributed by atoms with E-state index in [4.69, 9.17) is 5.73 Å². The van der Waals surface area contributed by atoms with Gasteiger partial charge in [0.25, 0.3) is 0 Å². The fourth-order valence-electron chi connectivity index (χ4n) is 3.13. The summed E-state index contributed by atoms with van der Waals surface area (Å²) in [5.41, 5.74) is 7.55. The summed E-state index contributed by atoms with van der Waals surface area (Å²) < 4.78 is 14.0. The quantitative estimate of drug-likeness (QED) is 0.836. The van der Waals surface area contributed by atoms with E-state index in [2.05, 4.69) is 11.9 Å². The smallest absolute Gasteiger partial charge is 0.130 e. The van der Waals surface area contributed by atoms with Gasteiger partial charge in [0.15, 0.2) is 0 Å². The number of benzene rings is 1. The van der Waals surface area contributed by atoms with Crippen molar-refractivity contribution in [1.29, 1.82) is 0 Å². The summed E-state index contributed by atoms with van der Waals surface area (Å²) in [5, 5.41) is 0. The lowest BCUT2D eigenvalue weighted by Gasteiger charge is -2.32. The maximum Gasteiger partial charge on any atom is 0.130 e. The van der Waals surface area contributed by atoms with Crippen molar-refractivity contribution >= 4 is 5.69 Å². The molecule has 0 unspecified atom stereocenters. The Morgan fingerprint density at radius 3 is 2.42 bits per heavy atom. The first-order valence-electron chi connectivity index (χ1n) is 7.38. The maximum absolute atomic E-state index is 14.0. The SMILES string of the molecule is C[C@@H](N)c1c(F)cccc1N(C)C1CCCCCC1. The minimum absolute atomic E-state index is 0.187. The second-order valence-corrected chi connectivity index (χ2v) is 5.72. The molecule has 1 aliphatic rings. The summed E-state index contributed by atoms with van der Waals surface area (Å²) in [6, 6.07) is 5.52. The third-order valence-corrected chi connectivity index (χ3v) is 4.24. The van der Waals surface area contributed by atoms with Gasteiger partial charge in [-0.3, -0.25) is 0 Å². The molecule has 0 saturated heterocycles. The Kier molecular flexibility index (Phi) is 4.81. The molecule has 2 rings (SSSR count). The Bertz CT molecular complexity index is 409. The van der Waals surface area contributed by atoms with Crippen LogP contribution in [0.2, 0.25) is 0 Å². The first-order chi connectivity index (χ1) is 9.11. The zero-order valence-electron chi connectivity index (χ0n) is 12.0. The average molecular weight is 264 g/mol. The fraction of sp³-hybridized carbons (Fsp3) is 0.625. The third-order valence-electron chi connectivity index (χ3n) is 4.24. The predicted octanol–water partition coefficient (Wildman–Crippen LogP) is 4.00. The summed E-state index contributed by atoms with van der Waals surface area (Å²) in [6.45, 7) is 1.85. The molecule has 0 bridgehead atoms. The highest BCUT2D eigenvalue weighted by Gasteiger charge is 2.22. The molecule has 0 aliphatic heterocycles. The zero-order valence-corrected chi connectivity index (χ0v) is 12.0. The lowest BCUT2D eigenvalue weighted by atomic mass is 10.0. The van der Waals surface area contributed by atoms with Crippen molar-refractivity contribution in [1.82, 2.24) is 0 Å². The number of hydrogen-bond acceptors (Lipinski definition) is 2. The van der Waals surface area contributed by atoms with Gasteiger partial charge in [-0.05, 0) is 31.9 Å². The van der Waals surface area contributed by atoms with Crippen molar-refractivity contribution in [2.75, 3.05) is 11.9 Å². The van der Waals surface area contributed by atoms with Crippen LogP contribution in [0.15, 0.2) is 18.2 Å². The van der Waals surface area contributed by atoms with Crippen LogP contribution in [0.25, 0.3) is 0 Å². The Labute approximate surface area is 115 Å². The molecule has 1 atom stereocenters. The second-order valence-electron chi connectivity index (χ2n) is 5.72. The number of halogens is 1. The minimum Gasteiger partial charge on any atom is -0.371 e. The fourth-order valence-corrected chi connectivity index (χ4v) is 3.13. The molecule has 2 N–H and O–H groups in total. The molecule has 3 heteroatoms. The van der Waals surface area contributed by atoms with E-state index in [1.807, 2.05) is 13.0 Å². The van der Waals surface area contributed by atoms with Crippen LogP contribution >= 0.6 is 0 Å². The number of rotatable bonds is 3. The van der Waals surface area contributed by atoms with Gasteiger partial charge in [-0.1, -0.05) is 31.7 Å². The molecular weight excluding hydrogens is 239 g/mol. The second kappa shape index (κ2) is 6.38. The molecule has 1 aliphatic carbocycles. The van der Waals surface area contributed by atoms with Crippen LogP contribution in [0, 0.1) is 5.82 Å². The molecule has 0 radical (unpaired) electrons. The predicted molar refractivity (Wildman–Crippen MR) is 78.9 cm³/mol. The molecular formula is C16H25FN2. The van der Waals surface area contributed by atoms with Crippen molar-refractivity contribution in [3.63, 3.8) is 0 Å². The lowest BCUT2D eigenvalue weighted by molar-refractivity contribution is 0.543. The van der Waals surface area contributed by atoms with Crippen LogP contribution < -0.4 is 10.6 Å². The molecule has 1 fully saturated rings. The molecule has 106 valence electrons. The standard InChI is InChI=1S/C16H25FN2/c1-12(18)16-14(17)10-7-11-15(16)19(2)13-8-5-3-4-6-9-13/h7,10-13H,3-6,8-9,18H2,1-2H3/t12-/m1/s1. The molecule has 0 heterocycles. The summed E-state index contributed by atoms with van der Waals surface area (Å²) in [7, 11) is 2.08. The highest BCUT2D eigenvalue weighted by Crippen LogP contribution is 2.31. The van der Waals surface area contributed by atoms with Crippen molar-refractivity contribution in [3.05, 3.63) is 29.6 Å². The monoisotopic (exact) mass is 264 g/mol. The Balaban J connectivity index is 2.27. The van der Waals surface area contributed by atoms with Crippen LogP contribution in [-0.2, 0) is 0 Å². The van der Waals surface area contributed by atoms with E-state index in [1.165, 1.54) is 44.6 Å². The van der Waals surface area contributed by atoms with Gasteiger partial charge in [-0.15, -0.1) is 0 Å². The molecule has 1 aromatic carbocycles. The van der Waals surface area contributed by atoms with E-state index in [1.54, 1.807) is 6.07 Å². The Hall–Kier alpha value is -1.09. The van der Waals surface area contributed by atoms with E-state index in [0.29, 0.717) is 11.6 Å². The molecule has 19 heavy (non-hydrogen) atoms. The summed E-state index contributed by atoms with van der Waals surface area (Å²) in [5.74, 6) is -0.187. The molecule has 0 aromatic heterocycles. The first kappa shape index (κ1) is 14.3. The van der Waals surface area contributed by atoms with Crippen LogP contribution in [-0.4, -0.2) is 13.1 Å². The van der Waals surface area contributed by atoms with E-state index in [9.17, 15) is 4.39 Å². The van der Waals surface area contributed by atoms with E-state index in [-0.39, 0.29) is 11.9 Å². The van der Waals surface area contributed by atoms with Gasteiger partial charge in [0.1, 0.15) is 5.82 Å². The van der Waals surface area contributed by atoms with Gasteiger partial charge in [0.2, 0.25) is 0 Å². The van der Waals surface area contributed by atoms with Gasteiger partial charge in [-0.2, -0.15) is 0 Å². The highest BCUT2D eigenvalue weighted by atomic mass is 19.1. The maximum atomic E-state index is 14.0. The zero-order chi connectivity index (χ0) is 13.8. The molecule has 1 aromatic rings. The van der Waals surface area contributed by atoms with Crippen molar-refractivity contribution in [2.45, 2.75) is 57.5 Å². The van der Waals surface area contributed by atoms with Gasteiger partial charge < -0.3 is 10.6 Å². The van der Waals surface area contributed by atoms with Gasteiger partial charge in [-0.25, -0.2) is 4.39 Å². The van der Waals surface area contributed by atoms with Crippen LogP contribution in [0.3, 0.4) is 0 Å². The van der Waals surface area contributed by atoms with E-state index in [0.717, 1.165) is 5.69 Å². The molecule has 2 nitrogen and oxygen atoms in total. The van der Waals surface area contributed by atoms with Crippen molar-refractivity contribution < 1.29 is 4.39 Å². The Morgan fingerprint density at radius 2 is 1.84 bits per heavy atom. The number of hydrogen-bond donors (Lipinski definition) is 1. The van der Waals surface area contributed by atoms with Gasteiger partial charge in [0.05, 0.1) is 0 Å². The Morgan fingerprint density at radius 1 is 1.21 bits per heavy atom. The third kappa shape index (κ3) is 3.27. The number of anilines is 1. The van der Waals surface area contributed by atoms with E-state index >= 15 is 0 Å². The largest absolute Gasteiger partial charge is 0.371 e. The van der Waals surface area contributed by atoms with Crippen LogP contribution in [0.5, 0.6) is 0 Å². The molecule has 1 saturated carbocycles. The van der Waals surface area contributed by atoms with Gasteiger partial charge in [0, 0.05) is 30.4 Å². The normalized spacial score (nSPS) is 18.9. The van der Waals surface area contributed by atoms with Crippen LogP contribution in [0.4, 0.5) is 10.1 Å².